The molecular formula is C23H19N5O3S2. The van der Waals surface area contributed by atoms with Crippen molar-refractivity contribution in [1.82, 2.24) is 14.6 Å². The number of aromatic nitrogens is 3. The molecule has 5 aromatic rings. The normalized spacial score (nSPS) is 12.2. The zero-order valence-electron chi connectivity index (χ0n) is 17.5. The summed E-state index contributed by atoms with van der Waals surface area (Å²) in [5, 5.41) is 6.17. The van der Waals surface area contributed by atoms with Gasteiger partial charge in [-0.2, -0.15) is 9.78 Å². The number of nitrogens with zero attached hydrogens (tertiary/aromatic N) is 4. The van der Waals surface area contributed by atoms with Crippen molar-refractivity contribution in [1.29, 1.82) is 0 Å². The zero-order chi connectivity index (χ0) is 23.0. The average Bonchev–Trinajstić information content (AvgIpc) is 3.45. The number of benzene rings is 2. The molecule has 0 atom stereocenters. The fourth-order valence-electron chi connectivity index (χ4n) is 3.46. The van der Waals surface area contributed by atoms with Crippen LogP contribution in [-0.4, -0.2) is 35.9 Å². The van der Waals surface area contributed by atoms with E-state index < -0.39 is 9.84 Å². The molecule has 0 amide bonds. The molecule has 166 valence electrons. The monoisotopic (exact) mass is 477 g/mol. The number of sulfone groups is 1. The number of hydrogen-bond donors (Lipinski definition) is 1. The molecule has 0 bridgehead atoms. The molecule has 0 spiro atoms. The van der Waals surface area contributed by atoms with Crippen molar-refractivity contribution >= 4 is 55.4 Å². The second kappa shape index (κ2) is 8.30. The Labute approximate surface area is 193 Å². The molecule has 0 fully saturated rings. The fraction of sp³-hybridized carbons (Fsp3) is 0.0870. The molecule has 2 N–H and O–H groups in total. The summed E-state index contributed by atoms with van der Waals surface area (Å²) in [6.45, 7) is 2.50. The van der Waals surface area contributed by atoms with E-state index in [9.17, 15) is 8.42 Å². The second-order valence-electron chi connectivity index (χ2n) is 7.09. The maximum Gasteiger partial charge on any atom is 0.221 e. The number of rotatable bonds is 6. The summed E-state index contributed by atoms with van der Waals surface area (Å²) in [7, 11) is -3.92. The van der Waals surface area contributed by atoms with Crippen LogP contribution < -0.4 is 10.5 Å². The van der Waals surface area contributed by atoms with E-state index in [0.717, 1.165) is 22.6 Å². The Hall–Kier alpha value is -3.76. The largest absolute Gasteiger partial charge is 0.494 e. The van der Waals surface area contributed by atoms with Crippen LogP contribution >= 0.6 is 11.3 Å². The van der Waals surface area contributed by atoms with Gasteiger partial charge in [0.1, 0.15) is 26.2 Å². The van der Waals surface area contributed by atoms with Crippen molar-refractivity contribution in [2.75, 3.05) is 12.3 Å². The molecule has 0 unspecified atom stereocenters. The van der Waals surface area contributed by atoms with E-state index in [1.165, 1.54) is 4.68 Å². The molecule has 0 saturated carbocycles. The highest BCUT2D eigenvalue weighted by Gasteiger charge is 2.31. The Morgan fingerprint density at radius 3 is 2.45 bits per heavy atom. The number of nitrogen functional groups attached to an aromatic ring is 1. The van der Waals surface area contributed by atoms with Gasteiger partial charge >= 0.3 is 0 Å². The van der Waals surface area contributed by atoms with Crippen LogP contribution in [0.25, 0.3) is 22.2 Å². The lowest BCUT2D eigenvalue weighted by Crippen LogP contribution is -2.05. The van der Waals surface area contributed by atoms with Gasteiger partial charge in [0, 0.05) is 0 Å². The van der Waals surface area contributed by atoms with E-state index in [1.807, 2.05) is 43.3 Å². The molecule has 8 nitrogen and oxygen atoms in total. The highest BCUT2D eigenvalue weighted by atomic mass is 32.2. The van der Waals surface area contributed by atoms with E-state index in [2.05, 4.69) is 15.1 Å². The molecule has 33 heavy (non-hydrogen) atoms. The Balaban J connectivity index is 1.71. The van der Waals surface area contributed by atoms with Crippen LogP contribution in [0.2, 0.25) is 0 Å². The Kier molecular flexibility index (Phi) is 5.31. The third-order valence-electron chi connectivity index (χ3n) is 4.97. The first-order valence-electron chi connectivity index (χ1n) is 10.1. The van der Waals surface area contributed by atoms with Gasteiger partial charge in [-0.3, -0.25) is 0 Å². The molecule has 0 aliphatic carbocycles. The van der Waals surface area contributed by atoms with Crippen LogP contribution in [0, 0.1) is 0 Å². The van der Waals surface area contributed by atoms with Gasteiger partial charge in [0.2, 0.25) is 9.84 Å². The molecule has 3 aromatic heterocycles. The van der Waals surface area contributed by atoms with Gasteiger partial charge in [-0.25, -0.2) is 18.4 Å². The van der Waals surface area contributed by atoms with Crippen molar-refractivity contribution < 1.29 is 13.2 Å². The topological polar surface area (TPSA) is 112 Å². The third-order valence-corrected chi connectivity index (χ3v) is 8.18. The van der Waals surface area contributed by atoms with Gasteiger partial charge < -0.3 is 10.5 Å². The van der Waals surface area contributed by atoms with Crippen molar-refractivity contribution in [2.45, 2.75) is 16.0 Å². The van der Waals surface area contributed by atoms with Crippen LogP contribution in [-0.2, 0) is 9.84 Å². The molecule has 2 aromatic carbocycles. The van der Waals surface area contributed by atoms with Gasteiger partial charge in [-0.15, -0.1) is 11.3 Å². The molecule has 0 radical (unpaired) electrons. The molecule has 0 aliphatic rings. The van der Waals surface area contributed by atoms with Crippen LogP contribution in [0.1, 0.15) is 12.5 Å². The molecule has 3 heterocycles. The predicted molar refractivity (Wildman–Crippen MR) is 130 cm³/mol. The number of thiophene rings is 1. The van der Waals surface area contributed by atoms with Gasteiger partial charge in [-0.1, -0.05) is 18.2 Å². The first-order valence-corrected chi connectivity index (χ1v) is 12.5. The van der Waals surface area contributed by atoms with Crippen molar-refractivity contribution in [3.63, 3.8) is 0 Å². The minimum Gasteiger partial charge on any atom is -0.494 e. The summed E-state index contributed by atoms with van der Waals surface area (Å²) in [6, 6.07) is 17.8. The summed E-state index contributed by atoms with van der Waals surface area (Å²) < 4.78 is 33.8. The second-order valence-corrected chi connectivity index (χ2v) is 10.2. The minimum absolute atomic E-state index is 0.0455. The van der Waals surface area contributed by atoms with Gasteiger partial charge in [0.15, 0.2) is 5.65 Å². The van der Waals surface area contributed by atoms with Crippen LogP contribution in [0.5, 0.6) is 5.75 Å². The van der Waals surface area contributed by atoms with Gasteiger partial charge in [0.05, 0.1) is 23.9 Å². The van der Waals surface area contributed by atoms with Crippen LogP contribution in [0.4, 0.5) is 5.82 Å². The summed E-state index contributed by atoms with van der Waals surface area (Å²) in [5.74, 6) is 0.707. The summed E-state index contributed by atoms with van der Waals surface area (Å²) in [6.07, 6.45) is 1.59. The smallest absolute Gasteiger partial charge is 0.221 e. The average molecular weight is 478 g/mol. The third kappa shape index (κ3) is 3.73. The van der Waals surface area contributed by atoms with E-state index in [-0.39, 0.29) is 26.1 Å². The molecule has 10 heteroatoms. The highest BCUT2D eigenvalue weighted by Crippen LogP contribution is 2.36. The predicted octanol–water partition coefficient (Wildman–Crippen LogP) is 4.34. The quantitative estimate of drug-likeness (QED) is 0.364. The number of anilines is 1. The Morgan fingerprint density at radius 2 is 1.79 bits per heavy atom. The number of hydrogen-bond acceptors (Lipinski definition) is 8. The maximum absolute atomic E-state index is 13.4. The number of para-hydroxylation sites is 2. The number of ether oxygens (including phenoxy) is 1. The van der Waals surface area contributed by atoms with Crippen molar-refractivity contribution in [2.24, 2.45) is 5.10 Å². The summed E-state index contributed by atoms with van der Waals surface area (Å²) >= 11 is 1.12. The maximum atomic E-state index is 13.4. The van der Waals surface area contributed by atoms with E-state index >= 15 is 0 Å². The summed E-state index contributed by atoms with van der Waals surface area (Å²) in [4.78, 5) is 9.13. The van der Waals surface area contributed by atoms with E-state index in [0.29, 0.717) is 17.6 Å². The lowest BCUT2D eigenvalue weighted by Gasteiger charge is -2.03. The summed E-state index contributed by atoms with van der Waals surface area (Å²) in [5.41, 5.74) is 8.79. The molecular weight excluding hydrogens is 458 g/mol. The van der Waals surface area contributed by atoms with Crippen molar-refractivity contribution in [3.8, 4) is 5.75 Å². The minimum atomic E-state index is -3.92. The van der Waals surface area contributed by atoms with E-state index in [1.54, 1.807) is 35.9 Å². The van der Waals surface area contributed by atoms with Gasteiger partial charge in [0.25, 0.3) is 0 Å². The van der Waals surface area contributed by atoms with Crippen molar-refractivity contribution in [3.05, 3.63) is 71.6 Å². The first-order chi connectivity index (χ1) is 16.0. The standard InChI is InChI=1S/C23H19N5O3S2/c1-2-31-16-11-9-15(10-12-16)14-25-28-22(24)21(33(29,30)19-8-5-13-32-19)20-23(28)27-18-7-4-3-6-17(18)26-20/h3-14H,2,24H2,1H3/b25-14-. The van der Waals surface area contributed by atoms with Crippen LogP contribution in [0.15, 0.2) is 80.2 Å². The Bertz CT molecular complexity index is 1590. The first kappa shape index (κ1) is 21.1. The fourth-order valence-corrected chi connectivity index (χ4v) is 6.05. The molecule has 5 rings (SSSR count). The highest BCUT2D eigenvalue weighted by molar-refractivity contribution is 7.93. The van der Waals surface area contributed by atoms with Crippen LogP contribution in [0.3, 0.4) is 0 Å². The molecule has 0 aliphatic heterocycles. The SMILES string of the molecule is CCOc1ccc(/C=N\n2c(N)c(S(=O)(=O)c3cccs3)c3nc4ccccc4nc32)cc1. The number of nitrogens with two attached hydrogens (primary N) is 1. The zero-order valence-corrected chi connectivity index (χ0v) is 19.2. The Morgan fingerprint density at radius 1 is 1.06 bits per heavy atom. The molecule has 0 saturated heterocycles. The lowest BCUT2D eigenvalue weighted by molar-refractivity contribution is 0.340. The lowest BCUT2D eigenvalue weighted by atomic mass is 10.2. The van der Waals surface area contributed by atoms with Gasteiger partial charge in [-0.05, 0) is 60.3 Å². The van der Waals surface area contributed by atoms with E-state index in [4.69, 9.17) is 10.5 Å². The number of fused-ring (bicyclic) bond motifs is 2.